The van der Waals surface area contributed by atoms with Gasteiger partial charge in [0.15, 0.2) is 19.8 Å². The van der Waals surface area contributed by atoms with E-state index in [2.05, 4.69) is 55.2 Å². The lowest BCUT2D eigenvalue weighted by Crippen LogP contribution is -2.51. The Morgan fingerprint density at radius 1 is 1.12 bits per heavy atom. The van der Waals surface area contributed by atoms with Crippen LogP contribution >= 0.6 is 0 Å². The molecule has 3 N–H and O–H groups in total. The maximum atomic E-state index is 12.2. The van der Waals surface area contributed by atoms with Crippen LogP contribution in [0.3, 0.4) is 0 Å². The van der Waals surface area contributed by atoms with Gasteiger partial charge in [0, 0.05) is 24.6 Å². The quantitative estimate of drug-likeness (QED) is 0.411. The first-order valence-electron chi connectivity index (χ1n) is 10.5. The van der Waals surface area contributed by atoms with Gasteiger partial charge in [0.05, 0.1) is 0 Å². The van der Waals surface area contributed by atoms with Crippen LogP contribution in [0.5, 0.6) is 0 Å². The van der Waals surface area contributed by atoms with Gasteiger partial charge in [-0.25, -0.2) is 0 Å². The van der Waals surface area contributed by atoms with Crippen molar-refractivity contribution in [3.8, 4) is 11.3 Å². The van der Waals surface area contributed by atoms with Crippen LogP contribution in [0.2, 0.25) is 18.1 Å². The smallest absolute Gasteiger partial charge is 0.273 e. The summed E-state index contributed by atoms with van der Waals surface area (Å²) in [6, 6.07) is 10.8. The average molecular weight is 461 g/mol. The summed E-state index contributed by atoms with van der Waals surface area (Å²) in [5.41, 5.74) is 5.63. The molecule has 0 aliphatic carbocycles. The van der Waals surface area contributed by atoms with Crippen LogP contribution in [0.1, 0.15) is 44.6 Å². The van der Waals surface area contributed by atoms with E-state index in [0.29, 0.717) is 5.76 Å². The molecule has 0 saturated heterocycles. The molecule has 0 saturated carbocycles. The third-order valence-corrected chi connectivity index (χ3v) is 9.97. The molecular formula is C22H32N4O5Si. The van der Waals surface area contributed by atoms with E-state index < -0.39 is 32.1 Å². The van der Waals surface area contributed by atoms with E-state index in [9.17, 15) is 14.4 Å². The molecule has 1 aromatic heterocycles. The van der Waals surface area contributed by atoms with Crippen molar-refractivity contribution in [2.75, 3.05) is 6.54 Å². The van der Waals surface area contributed by atoms with Gasteiger partial charge in [-0.2, -0.15) is 0 Å². The summed E-state index contributed by atoms with van der Waals surface area (Å²) >= 11 is 0. The van der Waals surface area contributed by atoms with E-state index in [-0.39, 0.29) is 23.7 Å². The Balaban J connectivity index is 1.73. The number of carbonyl (C=O) groups is 3. The maximum absolute atomic E-state index is 12.2. The highest BCUT2D eigenvalue weighted by Crippen LogP contribution is 2.37. The molecule has 174 valence electrons. The van der Waals surface area contributed by atoms with Crippen LogP contribution in [0.4, 0.5) is 0 Å². The zero-order valence-corrected chi connectivity index (χ0v) is 20.4. The maximum Gasteiger partial charge on any atom is 0.273 e. The second-order valence-corrected chi connectivity index (χ2v) is 13.8. The Hall–Kier alpha value is -2.98. The Bertz CT molecular complexity index is 937. The van der Waals surface area contributed by atoms with Crippen LogP contribution < -0.4 is 16.2 Å². The van der Waals surface area contributed by atoms with Gasteiger partial charge in [-0.05, 0) is 25.1 Å². The van der Waals surface area contributed by atoms with Gasteiger partial charge in [-0.1, -0.05) is 56.3 Å². The van der Waals surface area contributed by atoms with Gasteiger partial charge in [0.2, 0.25) is 5.91 Å². The van der Waals surface area contributed by atoms with Crippen molar-refractivity contribution in [3.63, 3.8) is 0 Å². The zero-order valence-electron chi connectivity index (χ0n) is 19.4. The summed E-state index contributed by atoms with van der Waals surface area (Å²) in [5.74, 6) is -0.846. The zero-order chi connectivity index (χ0) is 23.9. The van der Waals surface area contributed by atoms with E-state index >= 15 is 0 Å². The fourth-order valence-corrected chi connectivity index (χ4v) is 3.81. The molecule has 0 fully saturated rings. The first-order valence-corrected chi connectivity index (χ1v) is 13.4. The number of nitrogens with zero attached hydrogens (tertiary/aromatic N) is 1. The lowest BCUT2D eigenvalue weighted by molar-refractivity contribution is -0.133. The van der Waals surface area contributed by atoms with Crippen molar-refractivity contribution in [1.29, 1.82) is 0 Å². The van der Waals surface area contributed by atoms with Gasteiger partial charge >= 0.3 is 0 Å². The van der Waals surface area contributed by atoms with E-state index in [1.54, 1.807) is 6.92 Å². The SMILES string of the molecule is CC(O[Si](C)(C)C(C)(C)C)C(=O)NNC(=O)CCNC(=O)c1cc(-c2ccccc2)on1. The molecule has 3 amide bonds. The molecular weight excluding hydrogens is 428 g/mol. The number of hydrogen-bond acceptors (Lipinski definition) is 6. The minimum absolute atomic E-state index is 0.0209. The van der Waals surface area contributed by atoms with Crippen molar-refractivity contribution in [1.82, 2.24) is 21.3 Å². The predicted molar refractivity (Wildman–Crippen MR) is 123 cm³/mol. The van der Waals surface area contributed by atoms with Crippen LogP contribution in [0, 0.1) is 0 Å². The van der Waals surface area contributed by atoms with Gasteiger partial charge in [-0.3, -0.25) is 25.2 Å². The van der Waals surface area contributed by atoms with Crippen LogP contribution in [0.25, 0.3) is 11.3 Å². The predicted octanol–water partition coefficient (Wildman–Crippen LogP) is 3.02. The summed E-state index contributed by atoms with van der Waals surface area (Å²) in [6.07, 6.45) is -0.714. The number of nitrogens with one attached hydrogen (secondary N) is 3. The van der Waals surface area contributed by atoms with Crippen molar-refractivity contribution in [2.45, 2.75) is 58.4 Å². The largest absolute Gasteiger partial charge is 0.405 e. The Morgan fingerprint density at radius 3 is 2.41 bits per heavy atom. The number of hydrazine groups is 1. The molecule has 0 aliphatic rings. The summed E-state index contributed by atoms with van der Waals surface area (Å²) < 4.78 is 11.2. The molecule has 1 unspecified atom stereocenters. The van der Waals surface area contributed by atoms with Crippen molar-refractivity contribution in [2.24, 2.45) is 0 Å². The highest BCUT2D eigenvalue weighted by Gasteiger charge is 2.39. The molecule has 2 rings (SSSR count). The number of aromatic nitrogens is 1. The molecule has 0 spiro atoms. The summed E-state index contributed by atoms with van der Waals surface area (Å²) in [5, 5.41) is 6.33. The van der Waals surface area contributed by atoms with E-state index in [4.69, 9.17) is 8.95 Å². The van der Waals surface area contributed by atoms with Crippen molar-refractivity contribution in [3.05, 3.63) is 42.1 Å². The Labute approximate surface area is 189 Å². The molecule has 0 radical (unpaired) electrons. The first kappa shape index (κ1) is 25.3. The molecule has 0 bridgehead atoms. The minimum Gasteiger partial charge on any atom is -0.405 e. The molecule has 9 nitrogen and oxygen atoms in total. The normalized spacial score (nSPS) is 12.7. The molecule has 2 aromatic rings. The fraction of sp³-hybridized carbons (Fsp3) is 0.455. The highest BCUT2D eigenvalue weighted by molar-refractivity contribution is 6.74. The van der Waals surface area contributed by atoms with Crippen molar-refractivity contribution >= 4 is 26.0 Å². The van der Waals surface area contributed by atoms with Crippen LogP contribution in [0.15, 0.2) is 40.9 Å². The summed E-state index contributed by atoms with van der Waals surface area (Å²) in [4.78, 5) is 36.4. The van der Waals surface area contributed by atoms with Gasteiger partial charge in [-0.15, -0.1) is 0 Å². The number of rotatable bonds is 8. The number of amides is 3. The number of hydrogen-bond donors (Lipinski definition) is 3. The number of benzene rings is 1. The van der Waals surface area contributed by atoms with Gasteiger partial charge in [0.25, 0.3) is 11.8 Å². The molecule has 10 heteroatoms. The minimum atomic E-state index is -2.11. The monoisotopic (exact) mass is 460 g/mol. The third-order valence-electron chi connectivity index (χ3n) is 5.41. The molecule has 1 heterocycles. The standard InChI is InChI=1S/C22H32N4O5Si/c1-15(31-32(5,6)22(2,3)4)20(28)25-24-19(27)12-13-23-21(29)17-14-18(30-26-17)16-10-8-7-9-11-16/h7-11,14-15H,12-13H2,1-6H3,(H,23,29)(H,24,27)(H,25,28). The second-order valence-electron chi connectivity index (χ2n) is 9.01. The van der Waals surface area contributed by atoms with Gasteiger partial charge in [0.1, 0.15) is 6.10 Å². The molecule has 1 aromatic carbocycles. The van der Waals surface area contributed by atoms with E-state index in [1.165, 1.54) is 6.07 Å². The lowest BCUT2D eigenvalue weighted by Gasteiger charge is -2.37. The first-order chi connectivity index (χ1) is 14.9. The molecule has 0 aliphatic heterocycles. The van der Waals surface area contributed by atoms with Crippen LogP contribution in [-0.4, -0.2) is 43.8 Å². The van der Waals surface area contributed by atoms with Crippen LogP contribution in [-0.2, 0) is 14.0 Å². The summed E-state index contributed by atoms with van der Waals surface area (Å²) in [6.45, 7) is 12.1. The van der Waals surface area contributed by atoms with E-state index in [1.807, 2.05) is 30.3 Å². The van der Waals surface area contributed by atoms with Gasteiger partial charge < -0.3 is 14.3 Å². The second kappa shape index (κ2) is 10.6. The number of carbonyl (C=O) groups excluding carboxylic acids is 3. The Morgan fingerprint density at radius 2 is 1.78 bits per heavy atom. The van der Waals surface area contributed by atoms with E-state index in [0.717, 1.165) is 5.56 Å². The summed E-state index contributed by atoms with van der Waals surface area (Å²) in [7, 11) is -2.11. The molecule has 1 atom stereocenters. The highest BCUT2D eigenvalue weighted by atomic mass is 28.4. The average Bonchev–Trinajstić information content (AvgIpc) is 3.22. The Kier molecular flexibility index (Phi) is 8.34. The third kappa shape index (κ3) is 7.03. The topological polar surface area (TPSA) is 123 Å². The lowest BCUT2D eigenvalue weighted by atomic mass is 10.1. The van der Waals surface area contributed by atoms with Crippen molar-refractivity contribution < 1.29 is 23.3 Å². The fourth-order valence-electron chi connectivity index (χ4n) is 2.47. The molecule has 32 heavy (non-hydrogen) atoms.